The Morgan fingerprint density at radius 2 is 2.00 bits per heavy atom. The standard InChI is InChI=1S/C18H25N5O2/c24-17(20-12-13-5-8-19-11-13)22-9-6-14(7-10-22)23-16-4-2-1-3-15(16)21-18(23)25/h1-4,13-14,19H,5-12H2,(H,20,24)(H,21,25). The highest BCUT2D eigenvalue weighted by molar-refractivity contribution is 5.75. The Kier molecular flexibility index (Phi) is 4.48. The Morgan fingerprint density at radius 1 is 1.20 bits per heavy atom. The number of hydrogen-bond acceptors (Lipinski definition) is 3. The van der Waals surface area contributed by atoms with Crippen molar-refractivity contribution in [1.82, 2.24) is 25.1 Å². The van der Waals surface area contributed by atoms with Crippen molar-refractivity contribution in [2.75, 3.05) is 32.7 Å². The molecular weight excluding hydrogens is 318 g/mol. The van der Waals surface area contributed by atoms with Crippen molar-refractivity contribution < 1.29 is 4.79 Å². The van der Waals surface area contributed by atoms with Crippen LogP contribution in [0.15, 0.2) is 29.1 Å². The number of benzene rings is 1. The summed E-state index contributed by atoms with van der Waals surface area (Å²) in [5.74, 6) is 0.547. The van der Waals surface area contributed by atoms with Crippen LogP contribution in [0.5, 0.6) is 0 Å². The van der Waals surface area contributed by atoms with Crippen molar-refractivity contribution in [3.05, 3.63) is 34.7 Å². The van der Waals surface area contributed by atoms with Crippen LogP contribution in [0.4, 0.5) is 4.79 Å². The van der Waals surface area contributed by atoms with Gasteiger partial charge in [0.2, 0.25) is 0 Å². The number of H-pyrrole nitrogens is 1. The Morgan fingerprint density at radius 3 is 2.76 bits per heavy atom. The van der Waals surface area contributed by atoms with E-state index in [4.69, 9.17) is 0 Å². The van der Waals surface area contributed by atoms with Crippen LogP contribution in [0, 0.1) is 5.92 Å². The number of piperidine rings is 1. The molecule has 1 unspecified atom stereocenters. The lowest BCUT2D eigenvalue weighted by Crippen LogP contribution is -2.46. The minimum atomic E-state index is -0.0576. The van der Waals surface area contributed by atoms with Gasteiger partial charge in [-0.2, -0.15) is 0 Å². The number of carbonyl (C=O) groups is 1. The first kappa shape index (κ1) is 16.2. The Hall–Kier alpha value is -2.28. The van der Waals surface area contributed by atoms with E-state index in [1.165, 1.54) is 0 Å². The van der Waals surface area contributed by atoms with Crippen LogP contribution in [0.1, 0.15) is 25.3 Å². The lowest BCUT2D eigenvalue weighted by molar-refractivity contribution is 0.170. The van der Waals surface area contributed by atoms with Gasteiger partial charge >= 0.3 is 11.7 Å². The zero-order chi connectivity index (χ0) is 17.2. The highest BCUT2D eigenvalue weighted by Gasteiger charge is 2.26. The van der Waals surface area contributed by atoms with Crippen LogP contribution >= 0.6 is 0 Å². The molecular formula is C18H25N5O2. The monoisotopic (exact) mass is 343 g/mol. The van der Waals surface area contributed by atoms with Crippen LogP contribution in [0.25, 0.3) is 11.0 Å². The fraction of sp³-hybridized carbons (Fsp3) is 0.556. The van der Waals surface area contributed by atoms with Crippen LogP contribution in [-0.4, -0.2) is 53.2 Å². The number of nitrogens with zero attached hydrogens (tertiary/aromatic N) is 2. The second-order valence-electron chi connectivity index (χ2n) is 7.08. The van der Waals surface area contributed by atoms with E-state index < -0.39 is 0 Å². The summed E-state index contributed by atoms with van der Waals surface area (Å²) >= 11 is 0. The molecule has 1 aromatic heterocycles. The van der Waals surface area contributed by atoms with Crippen LogP contribution in [0.2, 0.25) is 0 Å². The molecule has 1 aromatic carbocycles. The highest BCUT2D eigenvalue weighted by atomic mass is 16.2. The van der Waals surface area contributed by atoms with Gasteiger partial charge < -0.3 is 20.5 Å². The molecule has 134 valence electrons. The molecule has 0 spiro atoms. The summed E-state index contributed by atoms with van der Waals surface area (Å²) in [6.45, 7) is 4.15. The van der Waals surface area contributed by atoms with Crippen molar-refractivity contribution >= 4 is 17.1 Å². The van der Waals surface area contributed by atoms with E-state index in [-0.39, 0.29) is 17.8 Å². The van der Waals surface area contributed by atoms with Gasteiger partial charge in [-0.1, -0.05) is 12.1 Å². The van der Waals surface area contributed by atoms with Crippen molar-refractivity contribution in [1.29, 1.82) is 0 Å². The number of aromatic nitrogens is 2. The van der Waals surface area contributed by atoms with E-state index in [0.717, 1.165) is 49.9 Å². The number of rotatable bonds is 3. The van der Waals surface area contributed by atoms with Gasteiger partial charge in [0.15, 0.2) is 0 Å². The fourth-order valence-corrected chi connectivity index (χ4v) is 4.00. The second-order valence-corrected chi connectivity index (χ2v) is 7.08. The average Bonchev–Trinajstić information content (AvgIpc) is 3.26. The van der Waals surface area contributed by atoms with E-state index in [1.54, 1.807) is 0 Å². The quantitative estimate of drug-likeness (QED) is 0.785. The Bertz CT molecular complexity index is 797. The molecule has 2 amide bonds. The number of nitrogens with one attached hydrogen (secondary N) is 3. The summed E-state index contributed by atoms with van der Waals surface area (Å²) < 4.78 is 1.86. The number of amides is 2. The number of para-hydroxylation sites is 2. The number of hydrogen-bond donors (Lipinski definition) is 3. The third-order valence-corrected chi connectivity index (χ3v) is 5.45. The molecule has 2 aliphatic heterocycles. The van der Waals surface area contributed by atoms with Gasteiger partial charge in [-0.25, -0.2) is 9.59 Å². The summed E-state index contributed by atoms with van der Waals surface area (Å²) in [4.78, 5) is 29.5. The van der Waals surface area contributed by atoms with Crippen LogP contribution in [0.3, 0.4) is 0 Å². The van der Waals surface area contributed by atoms with Crippen molar-refractivity contribution in [2.24, 2.45) is 5.92 Å². The van der Waals surface area contributed by atoms with Crippen LogP contribution < -0.4 is 16.3 Å². The molecule has 2 aliphatic rings. The van der Waals surface area contributed by atoms with Crippen molar-refractivity contribution in [3.63, 3.8) is 0 Å². The number of urea groups is 1. The lowest BCUT2D eigenvalue weighted by atomic mass is 10.0. The maximum absolute atomic E-state index is 12.3. The predicted octanol–water partition coefficient (Wildman–Crippen LogP) is 1.29. The zero-order valence-electron chi connectivity index (χ0n) is 14.3. The van der Waals surface area contributed by atoms with Crippen molar-refractivity contribution in [2.45, 2.75) is 25.3 Å². The fourth-order valence-electron chi connectivity index (χ4n) is 4.00. The van der Waals surface area contributed by atoms with Crippen LogP contribution in [-0.2, 0) is 0 Å². The normalized spacial score (nSPS) is 21.8. The molecule has 3 heterocycles. The maximum atomic E-state index is 12.3. The lowest BCUT2D eigenvalue weighted by Gasteiger charge is -2.32. The average molecular weight is 343 g/mol. The number of carbonyl (C=O) groups excluding carboxylic acids is 1. The van der Waals surface area contributed by atoms with E-state index in [2.05, 4.69) is 15.6 Å². The SMILES string of the molecule is O=C(NCC1CCNC1)N1CCC(n2c(=O)[nH]c3ccccc32)CC1. The minimum Gasteiger partial charge on any atom is -0.338 e. The first-order chi connectivity index (χ1) is 12.2. The molecule has 2 fully saturated rings. The first-order valence-electron chi connectivity index (χ1n) is 9.15. The molecule has 1 atom stereocenters. The summed E-state index contributed by atoms with van der Waals surface area (Å²) in [5, 5.41) is 6.37. The maximum Gasteiger partial charge on any atom is 0.326 e. The van der Waals surface area contributed by atoms with Gasteiger partial charge in [0.05, 0.1) is 11.0 Å². The summed E-state index contributed by atoms with van der Waals surface area (Å²) in [6.07, 6.45) is 2.74. The molecule has 7 nitrogen and oxygen atoms in total. The van der Waals surface area contributed by atoms with Gasteiger partial charge in [-0.05, 0) is 50.4 Å². The third-order valence-electron chi connectivity index (χ3n) is 5.45. The molecule has 0 radical (unpaired) electrons. The van der Waals surface area contributed by atoms with Gasteiger partial charge in [0, 0.05) is 25.7 Å². The van der Waals surface area contributed by atoms with E-state index in [0.29, 0.717) is 19.0 Å². The molecule has 2 saturated heterocycles. The number of imidazole rings is 1. The Labute approximate surface area is 146 Å². The van der Waals surface area contributed by atoms with E-state index in [1.807, 2.05) is 33.7 Å². The molecule has 7 heteroatoms. The smallest absolute Gasteiger partial charge is 0.326 e. The molecule has 4 rings (SSSR count). The third kappa shape index (κ3) is 3.28. The largest absolute Gasteiger partial charge is 0.338 e. The molecule has 3 N–H and O–H groups in total. The summed E-state index contributed by atoms with van der Waals surface area (Å²) in [6, 6.07) is 7.95. The highest BCUT2D eigenvalue weighted by Crippen LogP contribution is 2.24. The topological polar surface area (TPSA) is 82.2 Å². The van der Waals surface area contributed by atoms with Crippen molar-refractivity contribution in [3.8, 4) is 0 Å². The molecule has 0 saturated carbocycles. The number of aromatic amines is 1. The molecule has 0 aliphatic carbocycles. The number of likely N-dealkylation sites (tertiary alicyclic amines) is 1. The predicted molar refractivity (Wildman–Crippen MR) is 96.8 cm³/mol. The van der Waals surface area contributed by atoms with Gasteiger partial charge in [-0.3, -0.25) is 4.57 Å². The molecule has 25 heavy (non-hydrogen) atoms. The first-order valence-corrected chi connectivity index (χ1v) is 9.15. The summed E-state index contributed by atoms with van der Waals surface area (Å²) in [5.41, 5.74) is 1.76. The van der Waals surface area contributed by atoms with Gasteiger partial charge in [0.1, 0.15) is 0 Å². The zero-order valence-corrected chi connectivity index (χ0v) is 14.3. The molecule has 0 bridgehead atoms. The van der Waals surface area contributed by atoms with E-state index >= 15 is 0 Å². The number of fused-ring (bicyclic) bond motifs is 1. The minimum absolute atomic E-state index is 0.0247. The van der Waals surface area contributed by atoms with Gasteiger partial charge in [0.25, 0.3) is 0 Å². The molecule has 2 aromatic rings. The van der Waals surface area contributed by atoms with Gasteiger partial charge in [-0.15, -0.1) is 0 Å². The van der Waals surface area contributed by atoms with E-state index in [9.17, 15) is 9.59 Å². The summed E-state index contributed by atoms with van der Waals surface area (Å²) in [7, 11) is 0. The second kappa shape index (κ2) is 6.92. The Balaban J connectivity index is 1.37.